The molecule has 0 heterocycles. The van der Waals surface area contributed by atoms with Crippen LogP contribution in [-0.4, -0.2) is 12.6 Å². The molecule has 0 amide bonds. The summed E-state index contributed by atoms with van der Waals surface area (Å²) in [6.45, 7) is 1.93. The lowest BCUT2D eigenvalue weighted by atomic mass is 10.2. The summed E-state index contributed by atoms with van der Waals surface area (Å²) in [5.41, 5.74) is 0.221. The average molecular weight is 278 g/mol. The molecule has 2 aromatic rings. The predicted molar refractivity (Wildman–Crippen MR) is 68.8 cm³/mol. The standard InChI is InChI=1S/C15H12F2O3/c1-2-19-15(18)11-5-3-4-6-14(11)20-10-7-8-12(16)13(17)9-10/h3-9H,2H2,1H3. The van der Waals surface area contributed by atoms with Gasteiger partial charge in [0.15, 0.2) is 11.6 Å². The molecule has 0 atom stereocenters. The monoisotopic (exact) mass is 278 g/mol. The summed E-state index contributed by atoms with van der Waals surface area (Å²) in [6, 6.07) is 9.55. The van der Waals surface area contributed by atoms with Crippen LogP contribution in [0.1, 0.15) is 17.3 Å². The molecule has 104 valence electrons. The zero-order valence-corrected chi connectivity index (χ0v) is 10.7. The summed E-state index contributed by atoms with van der Waals surface area (Å²) in [4.78, 5) is 11.7. The minimum Gasteiger partial charge on any atom is -0.462 e. The lowest BCUT2D eigenvalue weighted by molar-refractivity contribution is 0.0523. The van der Waals surface area contributed by atoms with E-state index in [1.54, 1.807) is 25.1 Å². The second-order valence-electron chi connectivity index (χ2n) is 3.89. The first-order valence-corrected chi connectivity index (χ1v) is 6.01. The van der Waals surface area contributed by atoms with Crippen LogP contribution in [0.4, 0.5) is 8.78 Å². The van der Waals surface area contributed by atoms with E-state index in [2.05, 4.69) is 0 Å². The van der Waals surface area contributed by atoms with E-state index in [1.807, 2.05) is 0 Å². The van der Waals surface area contributed by atoms with Crippen molar-refractivity contribution in [2.24, 2.45) is 0 Å². The first-order valence-electron chi connectivity index (χ1n) is 6.01. The van der Waals surface area contributed by atoms with Crippen molar-refractivity contribution >= 4 is 5.97 Å². The number of benzene rings is 2. The molecule has 2 aromatic carbocycles. The van der Waals surface area contributed by atoms with Gasteiger partial charge in [0.1, 0.15) is 17.1 Å². The van der Waals surface area contributed by atoms with Gasteiger partial charge in [0.05, 0.1) is 6.61 Å². The molecule has 0 saturated heterocycles. The van der Waals surface area contributed by atoms with Gasteiger partial charge < -0.3 is 9.47 Å². The SMILES string of the molecule is CCOC(=O)c1ccccc1Oc1ccc(F)c(F)c1. The Morgan fingerprint density at radius 1 is 1.10 bits per heavy atom. The third-order valence-corrected chi connectivity index (χ3v) is 2.50. The Labute approximate surface area is 114 Å². The molecule has 20 heavy (non-hydrogen) atoms. The van der Waals surface area contributed by atoms with Crippen LogP contribution < -0.4 is 4.74 Å². The summed E-state index contributed by atoms with van der Waals surface area (Å²) in [5.74, 6) is -2.20. The van der Waals surface area contributed by atoms with E-state index in [-0.39, 0.29) is 23.7 Å². The molecule has 0 aliphatic heterocycles. The average Bonchev–Trinajstić information content (AvgIpc) is 2.44. The minimum atomic E-state index is -1.02. The number of ether oxygens (including phenoxy) is 2. The zero-order valence-electron chi connectivity index (χ0n) is 10.7. The summed E-state index contributed by atoms with van der Waals surface area (Å²) < 4.78 is 36.3. The van der Waals surface area contributed by atoms with Crippen molar-refractivity contribution in [3.8, 4) is 11.5 Å². The molecule has 0 spiro atoms. The summed E-state index contributed by atoms with van der Waals surface area (Å²) in [7, 11) is 0. The van der Waals surface area contributed by atoms with Crippen LogP contribution in [-0.2, 0) is 4.74 Å². The van der Waals surface area contributed by atoms with Gasteiger partial charge in [-0.1, -0.05) is 12.1 Å². The molecule has 0 saturated carbocycles. The Morgan fingerprint density at radius 2 is 1.85 bits per heavy atom. The largest absolute Gasteiger partial charge is 0.462 e. The fraction of sp³-hybridized carbons (Fsp3) is 0.133. The molecular weight excluding hydrogens is 266 g/mol. The topological polar surface area (TPSA) is 35.5 Å². The van der Waals surface area contributed by atoms with Crippen molar-refractivity contribution in [2.75, 3.05) is 6.61 Å². The molecule has 0 aliphatic rings. The molecule has 2 rings (SSSR count). The molecule has 0 bridgehead atoms. The molecule has 0 radical (unpaired) electrons. The van der Waals surface area contributed by atoms with Gasteiger partial charge in [-0.3, -0.25) is 0 Å². The van der Waals surface area contributed by atoms with Crippen LogP contribution in [0, 0.1) is 11.6 Å². The number of carbonyl (C=O) groups excluding carboxylic acids is 1. The first kappa shape index (κ1) is 14.0. The van der Waals surface area contributed by atoms with Gasteiger partial charge in [0.25, 0.3) is 0 Å². The van der Waals surface area contributed by atoms with E-state index in [4.69, 9.17) is 9.47 Å². The van der Waals surface area contributed by atoms with Gasteiger partial charge in [0, 0.05) is 6.07 Å². The van der Waals surface area contributed by atoms with E-state index in [0.717, 1.165) is 12.1 Å². The van der Waals surface area contributed by atoms with Crippen molar-refractivity contribution in [1.29, 1.82) is 0 Å². The highest BCUT2D eigenvalue weighted by molar-refractivity contribution is 5.92. The van der Waals surface area contributed by atoms with Crippen molar-refractivity contribution in [2.45, 2.75) is 6.92 Å². The van der Waals surface area contributed by atoms with Gasteiger partial charge in [-0.2, -0.15) is 0 Å². The smallest absolute Gasteiger partial charge is 0.341 e. The third kappa shape index (κ3) is 3.12. The highest BCUT2D eigenvalue weighted by atomic mass is 19.2. The molecule has 0 fully saturated rings. The van der Waals surface area contributed by atoms with Crippen LogP contribution in [0.25, 0.3) is 0 Å². The Morgan fingerprint density at radius 3 is 2.55 bits per heavy atom. The quantitative estimate of drug-likeness (QED) is 0.795. The van der Waals surface area contributed by atoms with E-state index < -0.39 is 17.6 Å². The number of halogens is 2. The van der Waals surface area contributed by atoms with Crippen molar-refractivity contribution < 1.29 is 23.0 Å². The van der Waals surface area contributed by atoms with Gasteiger partial charge in [-0.15, -0.1) is 0 Å². The molecule has 0 aliphatic carbocycles. The summed E-state index contributed by atoms with van der Waals surface area (Å²) in [5, 5.41) is 0. The molecule has 0 aromatic heterocycles. The van der Waals surface area contributed by atoms with Crippen LogP contribution in [0.5, 0.6) is 11.5 Å². The summed E-state index contributed by atoms with van der Waals surface area (Å²) >= 11 is 0. The normalized spacial score (nSPS) is 10.2. The lowest BCUT2D eigenvalue weighted by Gasteiger charge is -2.10. The van der Waals surface area contributed by atoms with Gasteiger partial charge in [-0.25, -0.2) is 13.6 Å². The molecule has 0 unspecified atom stereocenters. The van der Waals surface area contributed by atoms with Crippen LogP contribution in [0.15, 0.2) is 42.5 Å². The first-order chi connectivity index (χ1) is 9.61. The number of carbonyl (C=O) groups is 1. The minimum absolute atomic E-state index is 0.0978. The number of hydrogen-bond acceptors (Lipinski definition) is 3. The Hall–Kier alpha value is -2.43. The highest BCUT2D eigenvalue weighted by Gasteiger charge is 2.14. The van der Waals surface area contributed by atoms with Crippen LogP contribution in [0.2, 0.25) is 0 Å². The van der Waals surface area contributed by atoms with E-state index >= 15 is 0 Å². The Balaban J connectivity index is 2.29. The maximum atomic E-state index is 13.1. The molecule has 3 nitrogen and oxygen atoms in total. The highest BCUT2D eigenvalue weighted by Crippen LogP contribution is 2.26. The Kier molecular flexibility index (Phi) is 4.30. The van der Waals surface area contributed by atoms with Crippen LogP contribution >= 0.6 is 0 Å². The van der Waals surface area contributed by atoms with Gasteiger partial charge in [0.2, 0.25) is 0 Å². The molecular formula is C15H12F2O3. The zero-order chi connectivity index (χ0) is 14.5. The van der Waals surface area contributed by atoms with Crippen molar-refractivity contribution in [3.63, 3.8) is 0 Å². The fourth-order valence-corrected chi connectivity index (χ4v) is 1.60. The van der Waals surface area contributed by atoms with Gasteiger partial charge >= 0.3 is 5.97 Å². The number of esters is 1. The van der Waals surface area contributed by atoms with Crippen LogP contribution in [0.3, 0.4) is 0 Å². The second-order valence-corrected chi connectivity index (χ2v) is 3.89. The number of rotatable bonds is 4. The Bertz CT molecular complexity index is 626. The number of hydrogen-bond donors (Lipinski definition) is 0. The van der Waals surface area contributed by atoms with Gasteiger partial charge in [-0.05, 0) is 31.2 Å². The maximum absolute atomic E-state index is 13.1. The fourth-order valence-electron chi connectivity index (χ4n) is 1.60. The molecule has 5 heteroatoms. The van der Waals surface area contributed by atoms with E-state index in [0.29, 0.717) is 0 Å². The lowest BCUT2D eigenvalue weighted by Crippen LogP contribution is -2.06. The van der Waals surface area contributed by atoms with E-state index in [1.165, 1.54) is 12.1 Å². The molecule has 0 N–H and O–H groups in total. The third-order valence-electron chi connectivity index (χ3n) is 2.50. The van der Waals surface area contributed by atoms with E-state index in [9.17, 15) is 13.6 Å². The maximum Gasteiger partial charge on any atom is 0.341 e. The van der Waals surface area contributed by atoms with Crippen molar-refractivity contribution in [3.05, 3.63) is 59.7 Å². The number of para-hydroxylation sites is 1. The van der Waals surface area contributed by atoms with Crippen molar-refractivity contribution in [1.82, 2.24) is 0 Å². The predicted octanol–water partition coefficient (Wildman–Crippen LogP) is 3.93. The summed E-state index contributed by atoms with van der Waals surface area (Å²) in [6.07, 6.45) is 0. The second kappa shape index (κ2) is 6.14.